The summed E-state index contributed by atoms with van der Waals surface area (Å²) in [4.78, 5) is 12.4. The van der Waals surface area contributed by atoms with Gasteiger partial charge in [0, 0.05) is 17.3 Å². The van der Waals surface area contributed by atoms with Crippen molar-refractivity contribution in [1.82, 2.24) is 5.32 Å². The molecule has 0 aliphatic heterocycles. The molecule has 0 saturated heterocycles. The number of anilines is 1. The Morgan fingerprint density at radius 3 is 2.46 bits per heavy atom. The molecule has 0 radical (unpaired) electrons. The Kier molecular flexibility index (Phi) is 6.36. The van der Waals surface area contributed by atoms with Crippen LogP contribution < -0.4 is 20.5 Å². The van der Waals surface area contributed by atoms with Gasteiger partial charge in [-0.2, -0.15) is 0 Å². The number of nitrogens with two attached hydrogens (primary N) is 1. The van der Waals surface area contributed by atoms with E-state index >= 15 is 0 Å². The van der Waals surface area contributed by atoms with Gasteiger partial charge >= 0.3 is 0 Å². The van der Waals surface area contributed by atoms with Crippen LogP contribution in [0.25, 0.3) is 0 Å². The fraction of sp³-hybridized carbons (Fsp3) is 0.278. The molecule has 2 aromatic rings. The number of para-hydroxylation sites is 1. The standard InChI is InChI=1S/C18H23N3O4S/c1-12(16-9-4-5-10-17(16)25-3)20-13(2)18(22)21-14-7-6-8-15(11-14)26(19,23)24/h4-13,20H,1-3H3,(H,21,22)(H2,19,23,24). The molecule has 2 unspecified atom stereocenters. The van der Waals surface area contributed by atoms with Gasteiger partial charge in [-0.3, -0.25) is 10.1 Å². The van der Waals surface area contributed by atoms with Crippen molar-refractivity contribution in [1.29, 1.82) is 0 Å². The number of amides is 1. The zero-order chi connectivity index (χ0) is 19.3. The molecule has 2 rings (SSSR count). The zero-order valence-corrected chi connectivity index (χ0v) is 15.7. The minimum absolute atomic E-state index is 0.0571. The number of hydrogen-bond donors (Lipinski definition) is 3. The summed E-state index contributed by atoms with van der Waals surface area (Å²) >= 11 is 0. The largest absolute Gasteiger partial charge is 0.496 e. The molecule has 0 fully saturated rings. The number of sulfonamides is 1. The lowest BCUT2D eigenvalue weighted by Crippen LogP contribution is -2.39. The van der Waals surface area contributed by atoms with Gasteiger partial charge in [0.2, 0.25) is 15.9 Å². The number of carbonyl (C=O) groups excluding carboxylic acids is 1. The van der Waals surface area contributed by atoms with Gasteiger partial charge < -0.3 is 10.1 Å². The van der Waals surface area contributed by atoms with Crippen molar-refractivity contribution < 1.29 is 17.9 Å². The summed E-state index contributed by atoms with van der Waals surface area (Å²) in [6.45, 7) is 3.66. The Balaban J connectivity index is 2.06. The number of ether oxygens (including phenoxy) is 1. The summed E-state index contributed by atoms with van der Waals surface area (Å²) in [5.74, 6) is 0.444. The molecule has 0 aromatic heterocycles. The molecule has 0 aliphatic rings. The molecule has 0 heterocycles. The molecule has 0 saturated carbocycles. The van der Waals surface area contributed by atoms with Crippen LogP contribution in [0.3, 0.4) is 0 Å². The summed E-state index contributed by atoms with van der Waals surface area (Å²) in [7, 11) is -2.23. The Hall–Kier alpha value is -2.42. The number of benzene rings is 2. The molecule has 2 atom stereocenters. The Bertz CT molecular complexity index is 884. The molecular weight excluding hydrogens is 354 g/mol. The first-order valence-corrected chi connectivity index (χ1v) is 9.59. The van der Waals surface area contributed by atoms with Crippen LogP contribution in [0, 0.1) is 0 Å². The predicted molar refractivity (Wildman–Crippen MR) is 100 cm³/mol. The lowest BCUT2D eigenvalue weighted by molar-refractivity contribution is -0.117. The normalized spacial score (nSPS) is 13.7. The Morgan fingerprint density at radius 1 is 1.12 bits per heavy atom. The minimum atomic E-state index is -3.82. The van der Waals surface area contributed by atoms with Crippen LogP contribution in [0.2, 0.25) is 0 Å². The van der Waals surface area contributed by atoms with Crippen LogP contribution in [-0.2, 0) is 14.8 Å². The minimum Gasteiger partial charge on any atom is -0.496 e. The van der Waals surface area contributed by atoms with Crippen LogP contribution in [0.1, 0.15) is 25.5 Å². The molecule has 140 valence electrons. The van der Waals surface area contributed by atoms with E-state index in [9.17, 15) is 13.2 Å². The Labute approximate surface area is 153 Å². The first-order chi connectivity index (χ1) is 12.2. The highest BCUT2D eigenvalue weighted by molar-refractivity contribution is 7.89. The summed E-state index contributed by atoms with van der Waals surface area (Å²) < 4.78 is 28.2. The lowest BCUT2D eigenvalue weighted by Gasteiger charge is -2.21. The first kappa shape index (κ1) is 19.9. The molecule has 1 amide bonds. The number of rotatable bonds is 7. The smallest absolute Gasteiger partial charge is 0.241 e. The van der Waals surface area contributed by atoms with E-state index in [1.54, 1.807) is 20.1 Å². The predicted octanol–water partition coefficient (Wildman–Crippen LogP) is 2.02. The first-order valence-electron chi connectivity index (χ1n) is 8.05. The maximum atomic E-state index is 12.4. The second-order valence-electron chi connectivity index (χ2n) is 5.91. The van der Waals surface area contributed by atoms with Crippen molar-refractivity contribution in [3.63, 3.8) is 0 Å². The van der Waals surface area contributed by atoms with Gasteiger partial charge in [-0.1, -0.05) is 24.3 Å². The van der Waals surface area contributed by atoms with Crippen molar-refractivity contribution in [3.8, 4) is 5.75 Å². The van der Waals surface area contributed by atoms with Crippen LogP contribution in [0.15, 0.2) is 53.4 Å². The molecular formula is C18H23N3O4S. The highest BCUT2D eigenvalue weighted by Gasteiger charge is 2.19. The lowest BCUT2D eigenvalue weighted by atomic mass is 10.1. The molecule has 0 bridgehead atoms. The summed E-state index contributed by atoms with van der Waals surface area (Å²) in [5.41, 5.74) is 1.30. The fourth-order valence-electron chi connectivity index (χ4n) is 2.57. The van der Waals surface area contributed by atoms with Gasteiger partial charge in [0.1, 0.15) is 5.75 Å². The highest BCUT2D eigenvalue weighted by Crippen LogP contribution is 2.24. The van der Waals surface area contributed by atoms with Crippen LogP contribution >= 0.6 is 0 Å². The zero-order valence-electron chi connectivity index (χ0n) is 14.9. The summed E-state index contributed by atoms with van der Waals surface area (Å²) in [6, 6.07) is 12.7. The van der Waals surface area contributed by atoms with Gasteiger partial charge in [0.15, 0.2) is 0 Å². The molecule has 4 N–H and O–H groups in total. The number of hydrogen-bond acceptors (Lipinski definition) is 5. The number of methoxy groups -OCH3 is 1. The summed E-state index contributed by atoms with van der Waals surface area (Å²) in [6.07, 6.45) is 0. The van der Waals surface area contributed by atoms with Crippen molar-refractivity contribution in [3.05, 3.63) is 54.1 Å². The number of nitrogens with one attached hydrogen (secondary N) is 2. The average Bonchev–Trinajstić information content (AvgIpc) is 2.61. The van der Waals surface area contributed by atoms with Crippen molar-refractivity contribution >= 4 is 21.6 Å². The van der Waals surface area contributed by atoms with E-state index in [0.717, 1.165) is 11.3 Å². The molecule has 2 aromatic carbocycles. The average molecular weight is 377 g/mol. The van der Waals surface area contributed by atoms with Gasteiger partial charge in [-0.25, -0.2) is 13.6 Å². The third-order valence-electron chi connectivity index (χ3n) is 3.93. The van der Waals surface area contributed by atoms with E-state index in [1.165, 1.54) is 18.2 Å². The van der Waals surface area contributed by atoms with E-state index < -0.39 is 16.1 Å². The monoisotopic (exact) mass is 377 g/mol. The third kappa shape index (κ3) is 5.04. The quantitative estimate of drug-likeness (QED) is 0.684. The van der Waals surface area contributed by atoms with E-state index in [4.69, 9.17) is 9.88 Å². The SMILES string of the molecule is COc1ccccc1C(C)NC(C)C(=O)Nc1cccc(S(N)(=O)=O)c1. The number of carbonyl (C=O) groups is 1. The van der Waals surface area contributed by atoms with E-state index in [-0.39, 0.29) is 16.8 Å². The maximum Gasteiger partial charge on any atom is 0.241 e. The van der Waals surface area contributed by atoms with Crippen LogP contribution in [0.5, 0.6) is 5.75 Å². The van der Waals surface area contributed by atoms with Gasteiger partial charge in [-0.05, 0) is 38.1 Å². The molecule has 8 heteroatoms. The molecule has 0 spiro atoms. The van der Waals surface area contributed by atoms with Gasteiger partial charge in [0.05, 0.1) is 18.0 Å². The van der Waals surface area contributed by atoms with Gasteiger partial charge in [0.25, 0.3) is 0 Å². The van der Waals surface area contributed by atoms with E-state index in [1.807, 2.05) is 31.2 Å². The second-order valence-corrected chi connectivity index (χ2v) is 7.48. The topological polar surface area (TPSA) is 111 Å². The second kappa shape index (κ2) is 8.31. The maximum absolute atomic E-state index is 12.4. The van der Waals surface area contributed by atoms with Crippen molar-refractivity contribution in [2.75, 3.05) is 12.4 Å². The molecule has 0 aliphatic carbocycles. The van der Waals surface area contributed by atoms with E-state index in [2.05, 4.69) is 10.6 Å². The number of primary sulfonamides is 1. The van der Waals surface area contributed by atoms with Crippen molar-refractivity contribution in [2.24, 2.45) is 5.14 Å². The fourth-order valence-corrected chi connectivity index (χ4v) is 3.13. The van der Waals surface area contributed by atoms with E-state index in [0.29, 0.717) is 5.69 Å². The Morgan fingerprint density at radius 2 is 1.81 bits per heavy atom. The van der Waals surface area contributed by atoms with Gasteiger partial charge in [-0.15, -0.1) is 0 Å². The highest BCUT2D eigenvalue weighted by atomic mass is 32.2. The van der Waals surface area contributed by atoms with Crippen LogP contribution in [0.4, 0.5) is 5.69 Å². The van der Waals surface area contributed by atoms with Crippen molar-refractivity contribution in [2.45, 2.75) is 30.8 Å². The van der Waals surface area contributed by atoms with Crippen LogP contribution in [-0.4, -0.2) is 27.5 Å². The molecule has 26 heavy (non-hydrogen) atoms. The summed E-state index contributed by atoms with van der Waals surface area (Å²) in [5, 5.41) is 11.0. The molecule has 7 nitrogen and oxygen atoms in total. The third-order valence-corrected chi connectivity index (χ3v) is 4.84.